The summed E-state index contributed by atoms with van der Waals surface area (Å²) in [5, 5.41) is 8.80. The van der Waals surface area contributed by atoms with Crippen LogP contribution in [0.15, 0.2) is 21.4 Å². The molecule has 0 fully saturated rings. The number of rotatable bonds is 0. The Bertz CT molecular complexity index is 268. The highest BCUT2D eigenvalue weighted by Crippen LogP contribution is 2.16. The first-order valence-electron chi connectivity index (χ1n) is 2.28. The van der Waals surface area contributed by atoms with E-state index in [9.17, 15) is 4.79 Å². The van der Waals surface area contributed by atoms with E-state index in [0.717, 1.165) is 0 Å². The first-order valence-corrected chi connectivity index (χ1v) is 3.07. The Morgan fingerprint density at radius 2 is 2.22 bits per heavy atom. The monoisotopic (exact) mass is 189 g/mol. The van der Waals surface area contributed by atoms with Gasteiger partial charge in [-0.05, 0) is 22.0 Å². The van der Waals surface area contributed by atoms with Gasteiger partial charge in [-0.1, -0.05) is 0 Å². The minimum absolute atomic E-state index is 0.137. The van der Waals surface area contributed by atoms with E-state index in [1.165, 1.54) is 12.1 Å². The quantitative estimate of drug-likeness (QED) is 0.636. The third-order valence-electron chi connectivity index (χ3n) is 0.849. The number of aromatic amines is 1. The molecule has 0 saturated heterocycles. The van der Waals surface area contributed by atoms with E-state index in [1.54, 1.807) is 0 Å². The van der Waals surface area contributed by atoms with Crippen LogP contribution in [0.1, 0.15) is 0 Å². The first-order chi connectivity index (χ1) is 4.20. The summed E-state index contributed by atoms with van der Waals surface area (Å²) in [6.45, 7) is 0. The van der Waals surface area contributed by atoms with Crippen molar-refractivity contribution in [2.45, 2.75) is 0 Å². The molecule has 0 bridgehead atoms. The molecule has 3 nitrogen and oxygen atoms in total. The normalized spacial score (nSPS) is 9.44. The number of aromatic hydroxyl groups is 1. The van der Waals surface area contributed by atoms with Gasteiger partial charge in [-0.15, -0.1) is 0 Å². The highest BCUT2D eigenvalue weighted by molar-refractivity contribution is 9.10. The largest absolute Gasteiger partial charge is 0.494 e. The first kappa shape index (κ1) is 6.35. The molecular formula is C5H4BrNO2. The van der Waals surface area contributed by atoms with Crippen LogP contribution in [0.4, 0.5) is 0 Å². The maximum atomic E-state index is 10.4. The fourth-order valence-corrected chi connectivity index (χ4v) is 0.677. The number of H-pyrrole nitrogens is 1. The van der Waals surface area contributed by atoms with Gasteiger partial charge in [0.2, 0.25) is 5.88 Å². The van der Waals surface area contributed by atoms with E-state index in [1.807, 2.05) is 0 Å². The summed E-state index contributed by atoms with van der Waals surface area (Å²) in [6.07, 6.45) is 0. The third kappa shape index (κ3) is 1.32. The number of hydrogen-bond acceptors (Lipinski definition) is 2. The minimum atomic E-state index is -0.310. The van der Waals surface area contributed by atoms with Crippen molar-refractivity contribution in [3.05, 3.63) is 27.0 Å². The van der Waals surface area contributed by atoms with Gasteiger partial charge in [0.25, 0.3) is 5.56 Å². The SMILES string of the molecule is O=c1ccc(Br)c(O)[nH]1. The standard InChI is InChI=1S/C5H4BrNO2/c6-3-1-2-4(8)7-5(3)9/h1-2H,(H2,7,8,9). The van der Waals surface area contributed by atoms with E-state index in [2.05, 4.69) is 20.9 Å². The van der Waals surface area contributed by atoms with Crippen LogP contribution in [0, 0.1) is 0 Å². The van der Waals surface area contributed by atoms with Crippen molar-refractivity contribution in [3.8, 4) is 5.88 Å². The Morgan fingerprint density at radius 1 is 1.56 bits per heavy atom. The molecule has 0 saturated carbocycles. The maximum Gasteiger partial charge on any atom is 0.250 e. The Kier molecular flexibility index (Phi) is 1.57. The Hall–Kier alpha value is -0.770. The molecule has 0 spiro atoms. The van der Waals surface area contributed by atoms with Gasteiger partial charge in [-0.25, -0.2) is 0 Å². The van der Waals surface area contributed by atoms with Crippen molar-refractivity contribution in [1.29, 1.82) is 0 Å². The lowest BCUT2D eigenvalue weighted by Gasteiger charge is -1.90. The number of nitrogens with one attached hydrogen (secondary N) is 1. The van der Waals surface area contributed by atoms with Gasteiger partial charge < -0.3 is 5.11 Å². The van der Waals surface area contributed by atoms with Gasteiger partial charge >= 0.3 is 0 Å². The van der Waals surface area contributed by atoms with Crippen LogP contribution in [0.2, 0.25) is 0 Å². The highest BCUT2D eigenvalue weighted by Gasteiger charge is 1.93. The number of hydrogen-bond donors (Lipinski definition) is 2. The zero-order chi connectivity index (χ0) is 6.85. The summed E-state index contributed by atoms with van der Waals surface area (Å²) in [6, 6.07) is 2.80. The predicted molar refractivity (Wildman–Crippen MR) is 36.4 cm³/mol. The van der Waals surface area contributed by atoms with Gasteiger partial charge in [0.15, 0.2) is 0 Å². The van der Waals surface area contributed by atoms with Crippen LogP contribution in [0.3, 0.4) is 0 Å². The Morgan fingerprint density at radius 3 is 2.67 bits per heavy atom. The molecule has 9 heavy (non-hydrogen) atoms. The molecule has 4 heteroatoms. The van der Waals surface area contributed by atoms with E-state index in [0.29, 0.717) is 4.47 Å². The molecule has 2 N–H and O–H groups in total. The van der Waals surface area contributed by atoms with Crippen LogP contribution in [-0.2, 0) is 0 Å². The highest BCUT2D eigenvalue weighted by atomic mass is 79.9. The van der Waals surface area contributed by atoms with Gasteiger partial charge in [0.05, 0.1) is 4.47 Å². The van der Waals surface area contributed by atoms with E-state index < -0.39 is 0 Å². The maximum absolute atomic E-state index is 10.4. The lowest BCUT2D eigenvalue weighted by molar-refractivity contribution is 0.448. The zero-order valence-electron chi connectivity index (χ0n) is 4.39. The predicted octanol–water partition coefficient (Wildman–Crippen LogP) is 0.843. The van der Waals surface area contributed by atoms with E-state index in [4.69, 9.17) is 5.11 Å². The van der Waals surface area contributed by atoms with Gasteiger partial charge in [-0.2, -0.15) is 0 Å². The molecule has 0 aromatic carbocycles. The topological polar surface area (TPSA) is 53.1 Å². The second kappa shape index (κ2) is 2.23. The summed E-state index contributed by atoms with van der Waals surface area (Å²) in [4.78, 5) is 12.6. The molecule has 0 atom stereocenters. The molecule has 1 rings (SSSR count). The fourth-order valence-electron chi connectivity index (χ4n) is 0.446. The third-order valence-corrected chi connectivity index (χ3v) is 1.49. The smallest absolute Gasteiger partial charge is 0.250 e. The number of aromatic nitrogens is 1. The summed E-state index contributed by atoms with van der Waals surface area (Å²) < 4.78 is 0.488. The lowest BCUT2D eigenvalue weighted by atomic mass is 10.5. The molecule has 0 aliphatic rings. The fraction of sp³-hybridized carbons (Fsp3) is 0. The van der Waals surface area contributed by atoms with Gasteiger partial charge in [0.1, 0.15) is 0 Å². The molecule has 1 aromatic rings. The van der Waals surface area contributed by atoms with Crippen molar-refractivity contribution in [2.75, 3.05) is 0 Å². The van der Waals surface area contributed by atoms with Gasteiger partial charge in [-0.3, -0.25) is 9.78 Å². The molecule has 0 amide bonds. The molecule has 0 aliphatic carbocycles. The zero-order valence-corrected chi connectivity index (χ0v) is 5.97. The minimum Gasteiger partial charge on any atom is -0.494 e. The molecule has 48 valence electrons. The summed E-state index contributed by atoms with van der Waals surface area (Å²) in [7, 11) is 0. The van der Waals surface area contributed by atoms with Crippen LogP contribution >= 0.6 is 15.9 Å². The molecule has 0 aliphatic heterocycles. The van der Waals surface area contributed by atoms with Crippen molar-refractivity contribution >= 4 is 15.9 Å². The Labute approximate surface area is 59.5 Å². The van der Waals surface area contributed by atoms with Crippen LogP contribution in [0.25, 0.3) is 0 Å². The molecule has 0 radical (unpaired) electrons. The second-order valence-electron chi connectivity index (χ2n) is 1.52. The average molecular weight is 190 g/mol. The van der Waals surface area contributed by atoms with E-state index in [-0.39, 0.29) is 11.4 Å². The summed E-state index contributed by atoms with van der Waals surface area (Å²) >= 11 is 3.01. The Balaban J connectivity index is 3.34. The number of pyridine rings is 1. The lowest BCUT2D eigenvalue weighted by Crippen LogP contribution is -2.01. The van der Waals surface area contributed by atoms with Crippen LogP contribution in [0.5, 0.6) is 5.88 Å². The molecule has 0 unspecified atom stereocenters. The van der Waals surface area contributed by atoms with Crippen molar-refractivity contribution in [2.24, 2.45) is 0 Å². The summed E-state index contributed by atoms with van der Waals surface area (Å²) in [5.41, 5.74) is -0.310. The van der Waals surface area contributed by atoms with Crippen LogP contribution < -0.4 is 5.56 Å². The average Bonchev–Trinajstić information content (AvgIpc) is 1.80. The molecule has 1 heterocycles. The van der Waals surface area contributed by atoms with Gasteiger partial charge in [0, 0.05) is 6.07 Å². The van der Waals surface area contributed by atoms with E-state index >= 15 is 0 Å². The number of halogens is 1. The van der Waals surface area contributed by atoms with Crippen molar-refractivity contribution < 1.29 is 5.11 Å². The summed E-state index contributed by atoms with van der Waals surface area (Å²) in [5.74, 6) is -0.137. The van der Waals surface area contributed by atoms with Crippen molar-refractivity contribution in [3.63, 3.8) is 0 Å². The second-order valence-corrected chi connectivity index (χ2v) is 2.37. The molecule has 1 aromatic heterocycles. The van der Waals surface area contributed by atoms with Crippen molar-refractivity contribution in [1.82, 2.24) is 4.98 Å². The molecular weight excluding hydrogens is 186 g/mol. The van der Waals surface area contributed by atoms with Crippen LogP contribution in [-0.4, -0.2) is 10.1 Å².